The van der Waals surface area contributed by atoms with Gasteiger partial charge in [-0.15, -0.1) is 0 Å². The van der Waals surface area contributed by atoms with Crippen LogP contribution in [0.25, 0.3) is 11.4 Å². The van der Waals surface area contributed by atoms with Gasteiger partial charge in [0.05, 0.1) is 0 Å². The molecule has 0 fully saturated rings. The van der Waals surface area contributed by atoms with E-state index in [9.17, 15) is 0 Å². The van der Waals surface area contributed by atoms with Crippen LogP contribution in [0.1, 0.15) is 50.1 Å². The first kappa shape index (κ1) is 15.6. The van der Waals surface area contributed by atoms with Crippen molar-refractivity contribution in [3.05, 3.63) is 41.5 Å². The maximum Gasteiger partial charge on any atom is 0.159 e. The summed E-state index contributed by atoms with van der Waals surface area (Å²) in [6, 6.07) is 2.27. The minimum Gasteiger partial charge on any atom is -0.310 e. The molecule has 2 aromatic heterocycles. The first-order chi connectivity index (χ1) is 10.2. The van der Waals surface area contributed by atoms with Crippen LogP contribution in [0.2, 0.25) is 0 Å². The van der Waals surface area contributed by atoms with Crippen molar-refractivity contribution in [2.75, 3.05) is 6.54 Å². The molecule has 2 aromatic rings. The zero-order chi connectivity index (χ0) is 15.2. The topological polar surface area (TPSA) is 50.7 Å². The van der Waals surface area contributed by atoms with Gasteiger partial charge in [0.25, 0.3) is 0 Å². The van der Waals surface area contributed by atoms with Gasteiger partial charge in [0, 0.05) is 41.5 Å². The van der Waals surface area contributed by atoms with Crippen LogP contribution < -0.4 is 5.32 Å². The van der Waals surface area contributed by atoms with Gasteiger partial charge in [-0.3, -0.25) is 4.98 Å². The maximum atomic E-state index is 4.70. The smallest absolute Gasteiger partial charge is 0.159 e. The monoisotopic (exact) mass is 284 g/mol. The summed E-state index contributed by atoms with van der Waals surface area (Å²) in [5.41, 5.74) is 4.47. The van der Waals surface area contributed by atoms with Crippen LogP contribution in [0.5, 0.6) is 0 Å². The van der Waals surface area contributed by atoms with Gasteiger partial charge in [-0.1, -0.05) is 13.8 Å². The Balaban J connectivity index is 2.30. The van der Waals surface area contributed by atoms with Crippen LogP contribution in [0.3, 0.4) is 0 Å². The van der Waals surface area contributed by atoms with Crippen LogP contribution in [-0.2, 0) is 6.42 Å². The molecule has 1 atom stereocenters. The Morgan fingerprint density at radius 1 is 1.24 bits per heavy atom. The van der Waals surface area contributed by atoms with E-state index < -0.39 is 0 Å². The number of nitrogens with zero attached hydrogens (tertiary/aromatic N) is 3. The molecule has 2 rings (SSSR count). The lowest BCUT2D eigenvalue weighted by molar-refractivity contribution is 0.564. The first-order valence-corrected chi connectivity index (χ1v) is 7.67. The van der Waals surface area contributed by atoms with Crippen LogP contribution in [-0.4, -0.2) is 21.5 Å². The molecule has 0 aliphatic carbocycles. The summed E-state index contributed by atoms with van der Waals surface area (Å²) in [7, 11) is 0. The van der Waals surface area contributed by atoms with Crippen LogP contribution in [0.15, 0.2) is 24.7 Å². The van der Waals surface area contributed by atoms with E-state index in [0.29, 0.717) is 0 Å². The van der Waals surface area contributed by atoms with Gasteiger partial charge in [-0.2, -0.15) is 0 Å². The van der Waals surface area contributed by atoms with Crippen molar-refractivity contribution in [2.45, 2.75) is 46.6 Å². The highest BCUT2D eigenvalue weighted by Crippen LogP contribution is 2.22. The fourth-order valence-corrected chi connectivity index (χ4v) is 2.43. The third kappa shape index (κ3) is 3.64. The summed E-state index contributed by atoms with van der Waals surface area (Å²) in [6.07, 6.45) is 7.70. The summed E-state index contributed by atoms with van der Waals surface area (Å²) in [6.45, 7) is 9.51. The van der Waals surface area contributed by atoms with Crippen LogP contribution in [0.4, 0.5) is 0 Å². The summed E-state index contributed by atoms with van der Waals surface area (Å²) in [5.74, 6) is 0.790. The molecule has 0 aliphatic rings. The lowest BCUT2D eigenvalue weighted by Gasteiger charge is -2.16. The highest BCUT2D eigenvalue weighted by molar-refractivity contribution is 5.59. The SMILES string of the molecule is CCCNC(C)c1cnc(-c2ccncc2CC)nc1C. The number of aromatic nitrogens is 3. The quantitative estimate of drug-likeness (QED) is 0.882. The van der Waals surface area contributed by atoms with E-state index in [-0.39, 0.29) is 6.04 Å². The van der Waals surface area contributed by atoms with Crippen molar-refractivity contribution in [3.8, 4) is 11.4 Å². The van der Waals surface area contributed by atoms with Gasteiger partial charge in [0.1, 0.15) is 0 Å². The molecule has 0 aromatic carbocycles. The lowest BCUT2D eigenvalue weighted by Crippen LogP contribution is -2.20. The van der Waals surface area contributed by atoms with E-state index in [4.69, 9.17) is 4.98 Å². The second kappa shape index (κ2) is 7.27. The predicted molar refractivity (Wildman–Crippen MR) is 86.1 cm³/mol. The lowest BCUT2D eigenvalue weighted by atomic mass is 10.1. The zero-order valence-corrected chi connectivity index (χ0v) is 13.3. The molecule has 0 radical (unpaired) electrons. The molecule has 2 heterocycles. The average molecular weight is 284 g/mol. The van der Waals surface area contributed by atoms with E-state index in [1.165, 1.54) is 11.1 Å². The maximum absolute atomic E-state index is 4.70. The van der Waals surface area contributed by atoms with Crippen LogP contribution in [0, 0.1) is 6.92 Å². The highest BCUT2D eigenvalue weighted by atomic mass is 14.9. The molecule has 0 amide bonds. The molecule has 4 heteroatoms. The minimum atomic E-state index is 0.280. The number of nitrogens with one attached hydrogen (secondary N) is 1. The normalized spacial score (nSPS) is 12.4. The molecule has 4 nitrogen and oxygen atoms in total. The largest absolute Gasteiger partial charge is 0.310 e. The number of pyridine rings is 1. The zero-order valence-electron chi connectivity index (χ0n) is 13.3. The Kier molecular flexibility index (Phi) is 5.39. The van der Waals surface area contributed by atoms with Gasteiger partial charge < -0.3 is 5.32 Å². The Morgan fingerprint density at radius 2 is 2.05 bits per heavy atom. The van der Waals surface area contributed by atoms with Crippen LogP contribution >= 0.6 is 0 Å². The number of aryl methyl sites for hydroxylation is 2. The summed E-state index contributed by atoms with van der Waals surface area (Å²) < 4.78 is 0. The van der Waals surface area contributed by atoms with Crippen molar-refractivity contribution < 1.29 is 0 Å². The third-order valence-electron chi connectivity index (χ3n) is 3.71. The minimum absolute atomic E-state index is 0.280. The fraction of sp³-hybridized carbons (Fsp3) is 0.471. The number of rotatable bonds is 6. The Labute approximate surface area is 127 Å². The molecule has 21 heavy (non-hydrogen) atoms. The standard InChI is InChI=1S/C17H24N4/c1-5-8-19-12(3)16-11-20-17(21-13(16)4)15-7-9-18-10-14(15)6-2/h7,9-12,19H,5-6,8H2,1-4H3. The molecule has 0 saturated heterocycles. The third-order valence-corrected chi connectivity index (χ3v) is 3.71. The Bertz CT molecular complexity index is 595. The molecule has 0 bridgehead atoms. The molecule has 112 valence electrons. The summed E-state index contributed by atoms with van der Waals surface area (Å²) in [4.78, 5) is 13.4. The Morgan fingerprint density at radius 3 is 2.71 bits per heavy atom. The second-order valence-corrected chi connectivity index (χ2v) is 5.30. The molecule has 1 unspecified atom stereocenters. The van der Waals surface area contributed by atoms with E-state index in [2.05, 4.69) is 43.0 Å². The summed E-state index contributed by atoms with van der Waals surface area (Å²) >= 11 is 0. The molecule has 1 N–H and O–H groups in total. The molecular formula is C17H24N4. The highest BCUT2D eigenvalue weighted by Gasteiger charge is 2.12. The van der Waals surface area contributed by atoms with Gasteiger partial charge in [0.2, 0.25) is 0 Å². The fourth-order valence-electron chi connectivity index (χ4n) is 2.43. The number of hydrogen-bond donors (Lipinski definition) is 1. The summed E-state index contributed by atoms with van der Waals surface area (Å²) in [5, 5.41) is 3.48. The molecule has 0 aliphatic heterocycles. The second-order valence-electron chi connectivity index (χ2n) is 5.30. The first-order valence-electron chi connectivity index (χ1n) is 7.67. The van der Waals surface area contributed by atoms with E-state index >= 15 is 0 Å². The van der Waals surface area contributed by atoms with Gasteiger partial charge in [-0.25, -0.2) is 9.97 Å². The molecule has 0 saturated carbocycles. The van der Waals surface area contributed by atoms with Crippen molar-refractivity contribution in [3.63, 3.8) is 0 Å². The van der Waals surface area contributed by atoms with Gasteiger partial charge in [-0.05, 0) is 44.9 Å². The van der Waals surface area contributed by atoms with Crippen molar-refractivity contribution >= 4 is 0 Å². The number of hydrogen-bond acceptors (Lipinski definition) is 4. The molecular weight excluding hydrogens is 260 g/mol. The average Bonchev–Trinajstić information content (AvgIpc) is 2.52. The van der Waals surface area contributed by atoms with Crippen molar-refractivity contribution in [1.82, 2.24) is 20.3 Å². The van der Waals surface area contributed by atoms with Gasteiger partial charge in [0.15, 0.2) is 5.82 Å². The predicted octanol–water partition coefficient (Wildman–Crippen LogP) is 3.47. The van der Waals surface area contributed by atoms with Crippen molar-refractivity contribution in [2.24, 2.45) is 0 Å². The van der Waals surface area contributed by atoms with Crippen molar-refractivity contribution in [1.29, 1.82) is 0 Å². The Hall–Kier alpha value is -1.81. The van der Waals surface area contributed by atoms with E-state index in [1.807, 2.05) is 18.5 Å². The molecule has 0 spiro atoms. The van der Waals surface area contributed by atoms with E-state index in [0.717, 1.165) is 36.5 Å². The van der Waals surface area contributed by atoms with E-state index in [1.54, 1.807) is 6.20 Å². The van der Waals surface area contributed by atoms with Gasteiger partial charge >= 0.3 is 0 Å².